The van der Waals surface area contributed by atoms with Crippen molar-refractivity contribution in [1.29, 1.82) is 5.26 Å². The normalized spacial score (nSPS) is 20.7. The molecule has 0 spiro atoms. The summed E-state index contributed by atoms with van der Waals surface area (Å²) in [6.45, 7) is 5.55. The zero-order valence-electron chi connectivity index (χ0n) is 15.1. The summed E-state index contributed by atoms with van der Waals surface area (Å²) in [5, 5.41) is 12.5. The lowest BCUT2D eigenvalue weighted by Crippen LogP contribution is -2.48. The van der Waals surface area contributed by atoms with Crippen LogP contribution in [0.4, 0.5) is 5.69 Å². The summed E-state index contributed by atoms with van der Waals surface area (Å²) in [5.74, 6) is 0.165. The lowest BCUT2D eigenvalue weighted by Gasteiger charge is -2.28. The zero-order valence-corrected chi connectivity index (χ0v) is 15.1. The Morgan fingerprint density at radius 1 is 1.16 bits per heavy atom. The number of carbonyl (C=O) groups is 1. The molecule has 1 saturated heterocycles. The SMILES string of the molecule is CC(C(=O)NC1CCCC1)N1CCCN(c2ccccc2C#N)CC1. The third-order valence-corrected chi connectivity index (χ3v) is 5.52. The Bertz CT molecular complexity index is 633. The summed E-state index contributed by atoms with van der Waals surface area (Å²) in [7, 11) is 0. The molecule has 2 fully saturated rings. The summed E-state index contributed by atoms with van der Waals surface area (Å²) < 4.78 is 0. The molecule has 1 atom stereocenters. The van der Waals surface area contributed by atoms with Crippen LogP contribution in [-0.2, 0) is 4.79 Å². The first-order valence-electron chi connectivity index (χ1n) is 9.47. The van der Waals surface area contributed by atoms with Crippen molar-refractivity contribution in [2.45, 2.75) is 51.1 Å². The number of benzene rings is 1. The van der Waals surface area contributed by atoms with E-state index in [0.29, 0.717) is 6.04 Å². The monoisotopic (exact) mass is 340 g/mol. The summed E-state index contributed by atoms with van der Waals surface area (Å²) in [6.07, 6.45) is 5.71. The van der Waals surface area contributed by atoms with Gasteiger partial charge >= 0.3 is 0 Å². The minimum Gasteiger partial charge on any atom is -0.369 e. The molecule has 0 aromatic heterocycles. The number of para-hydroxylation sites is 1. The van der Waals surface area contributed by atoms with Gasteiger partial charge in [0.25, 0.3) is 0 Å². The lowest BCUT2D eigenvalue weighted by atomic mass is 10.1. The summed E-state index contributed by atoms with van der Waals surface area (Å²) >= 11 is 0. The van der Waals surface area contributed by atoms with E-state index in [4.69, 9.17) is 0 Å². The first-order valence-corrected chi connectivity index (χ1v) is 9.47. The Morgan fingerprint density at radius 2 is 1.92 bits per heavy atom. The van der Waals surface area contributed by atoms with Gasteiger partial charge in [-0.1, -0.05) is 25.0 Å². The van der Waals surface area contributed by atoms with Gasteiger partial charge in [-0.15, -0.1) is 0 Å². The van der Waals surface area contributed by atoms with Crippen molar-refractivity contribution in [3.63, 3.8) is 0 Å². The fourth-order valence-corrected chi connectivity index (χ4v) is 3.97. The molecular formula is C20H28N4O. The van der Waals surface area contributed by atoms with Crippen LogP contribution in [0.25, 0.3) is 0 Å². The van der Waals surface area contributed by atoms with E-state index in [1.165, 1.54) is 12.8 Å². The Morgan fingerprint density at radius 3 is 2.68 bits per heavy atom. The second-order valence-corrected chi connectivity index (χ2v) is 7.17. The highest BCUT2D eigenvalue weighted by atomic mass is 16.2. The number of hydrogen-bond acceptors (Lipinski definition) is 4. The second-order valence-electron chi connectivity index (χ2n) is 7.17. The van der Waals surface area contributed by atoms with Crippen LogP contribution in [0.2, 0.25) is 0 Å². The van der Waals surface area contributed by atoms with Crippen molar-refractivity contribution < 1.29 is 4.79 Å². The van der Waals surface area contributed by atoms with E-state index in [1.54, 1.807) is 0 Å². The van der Waals surface area contributed by atoms with E-state index < -0.39 is 0 Å². The van der Waals surface area contributed by atoms with E-state index in [-0.39, 0.29) is 11.9 Å². The quantitative estimate of drug-likeness (QED) is 0.915. The molecule has 1 heterocycles. The molecule has 1 unspecified atom stereocenters. The number of hydrogen-bond donors (Lipinski definition) is 1. The number of nitrogens with one attached hydrogen (secondary N) is 1. The van der Waals surface area contributed by atoms with E-state index >= 15 is 0 Å². The maximum atomic E-state index is 12.6. The molecule has 1 aliphatic carbocycles. The molecule has 1 amide bonds. The molecule has 1 N–H and O–H groups in total. The number of anilines is 1. The standard InChI is InChI=1S/C20H28N4O/c1-16(20(25)22-18-8-3-4-9-18)23-11-6-12-24(14-13-23)19-10-5-2-7-17(19)15-21/h2,5,7,10,16,18H,3-4,6,8-9,11-14H2,1H3,(H,22,25). The molecule has 25 heavy (non-hydrogen) atoms. The minimum atomic E-state index is -0.0910. The predicted octanol–water partition coefficient (Wildman–Crippen LogP) is 2.52. The number of nitriles is 1. The van der Waals surface area contributed by atoms with Gasteiger partial charge in [-0.25, -0.2) is 0 Å². The molecule has 1 aromatic rings. The third-order valence-electron chi connectivity index (χ3n) is 5.52. The highest BCUT2D eigenvalue weighted by molar-refractivity contribution is 5.81. The molecule has 2 aliphatic rings. The zero-order chi connectivity index (χ0) is 17.6. The fraction of sp³-hybridized carbons (Fsp3) is 0.600. The highest BCUT2D eigenvalue weighted by Crippen LogP contribution is 2.22. The van der Waals surface area contributed by atoms with Gasteiger partial charge in [0.2, 0.25) is 5.91 Å². The number of rotatable bonds is 4. The predicted molar refractivity (Wildman–Crippen MR) is 99.4 cm³/mol. The Balaban J connectivity index is 1.59. The highest BCUT2D eigenvalue weighted by Gasteiger charge is 2.27. The average molecular weight is 340 g/mol. The number of nitrogens with zero attached hydrogens (tertiary/aromatic N) is 3. The first-order chi connectivity index (χ1) is 12.2. The largest absolute Gasteiger partial charge is 0.369 e. The lowest BCUT2D eigenvalue weighted by molar-refractivity contribution is -0.126. The van der Waals surface area contributed by atoms with Crippen LogP contribution in [0.15, 0.2) is 24.3 Å². The van der Waals surface area contributed by atoms with Crippen LogP contribution in [0.3, 0.4) is 0 Å². The van der Waals surface area contributed by atoms with Crippen molar-refractivity contribution in [3.8, 4) is 6.07 Å². The van der Waals surface area contributed by atoms with Crippen LogP contribution in [0.1, 0.15) is 44.6 Å². The third kappa shape index (κ3) is 4.32. The number of amides is 1. The molecule has 134 valence electrons. The van der Waals surface area contributed by atoms with Gasteiger partial charge < -0.3 is 10.2 Å². The van der Waals surface area contributed by atoms with Crippen molar-refractivity contribution in [1.82, 2.24) is 10.2 Å². The van der Waals surface area contributed by atoms with Gasteiger partial charge in [-0.05, 0) is 38.3 Å². The molecule has 5 nitrogen and oxygen atoms in total. The van der Waals surface area contributed by atoms with Gasteiger partial charge in [-0.2, -0.15) is 5.26 Å². The molecular weight excluding hydrogens is 312 g/mol. The summed E-state index contributed by atoms with van der Waals surface area (Å²) in [5.41, 5.74) is 1.73. The Labute approximate surface area is 150 Å². The molecule has 1 aromatic carbocycles. The number of carbonyl (C=O) groups excluding carboxylic acids is 1. The average Bonchev–Trinajstić information content (AvgIpc) is 3.02. The molecule has 0 radical (unpaired) electrons. The molecule has 1 aliphatic heterocycles. The first kappa shape index (κ1) is 17.8. The fourth-order valence-electron chi connectivity index (χ4n) is 3.97. The second kappa shape index (κ2) is 8.35. The minimum absolute atomic E-state index is 0.0910. The van der Waals surface area contributed by atoms with Crippen molar-refractivity contribution >= 4 is 11.6 Å². The van der Waals surface area contributed by atoms with Gasteiger partial charge in [-0.3, -0.25) is 9.69 Å². The Kier molecular flexibility index (Phi) is 5.93. The molecule has 0 bridgehead atoms. The smallest absolute Gasteiger partial charge is 0.237 e. The van der Waals surface area contributed by atoms with Crippen LogP contribution in [0.5, 0.6) is 0 Å². The van der Waals surface area contributed by atoms with Gasteiger partial charge in [0.15, 0.2) is 0 Å². The molecule has 5 heteroatoms. The van der Waals surface area contributed by atoms with Crippen molar-refractivity contribution in [2.75, 3.05) is 31.1 Å². The van der Waals surface area contributed by atoms with E-state index in [0.717, 1.165) is 56.7 Å². The van der Waals surface area contributed by atoms with E-state index in [1.807, 2.05) is 31.2 Å². The molecule has 3 rings (SSSR count). The molecule has 1 saturated carbocycles. The van der Waals surface area contributed by atoms with E-state index in [2.05, 4.69) is 21.2 Å². The van der Waals surface area contributed by atoms with Crippen LogP contribution >= 0.6 is 0 Å². The Hall–Kier alpha value is -2.06. The van der Waals surface area contributed by atoms with Crippen LogP contribution in [-0.4, -0.2) is 49.1 Å². The van der Waals surface area contributed by atoms with Crippen LogP contribution < -0.4 is 10.2 Å². The van der Waals surface area contributed by atoms with Crippen LogP contribution in [0, 0.1) is 11.3 Å². The van der Waals surface area contributed by atoms with E-state index in [9.17, 15) is 10.1 Å². The van der Waals surface area contributed by atoms with Crippen molar-refractivity contribution in [2.24, 2.45) is 0 Å². The topological polar surface area (TPSA) is 59.4 Å². The maximum Gasteiger partial charge on any atom is 0.237 e. The van der Waals surface area contributed by atoms with Gasteiger partial charge in [0.05, 0.1) is 17.3 Å². The summed E-state index contributed by atoms with van der Waals surface area (Å²) in [4.78, 5) is 17.1. The van der Waals surface area contributed by atoms with Crippen molar-refractivity contribution in [3.05, 3.63) is 29.8 Å². The van der Waals surface area contributed by atoms with Gasteiger partial charge in [0.1, 0.15) is 6.07 Å². The summed E-state index contributed by atoms with van der Waals surface area (Å²) in [6, 6.07) is 10.3. The van der Waals surface area contributed by atoms with Gasteiger partial charge in [0, 0.05) is 32.2 Å². The maximum absolute atomic E-state index is 12.6.